The molecular formula is C97H89Cl5N16O20. The predicted molar refractivity (Wildman–Crippen MR) is 539 cm³/mol. The Bertz CT molecular complexity index is 7460. The van der Waals surface area contributed by atoms with Gasteiger partial charge in [0.15, 0.2) is 0 Å². The second kappa shape index (κ2) is 43.9. The van der Waals surface area contributed by atoms with Crippen molar-refractivity contribution in [3.8, 4) is 90.5 Å². The zero-order valence-electron chi connectivity index (χ0n) is 76.0. The number of hydrogen-bond acceptors (Lipinski definition) is 28. The molecule has 0 bridgehead atoms. The van der Waals surface area contributed by atoms with Gasteiger partial charge in [0.2, 0.25) is 0 Å². The number of aryl methyl sites for hydroxylation is 8. The van der Waals surface area contributed by atoms with E-state index >= 15 is 0 Å². The van der Waals surface area contributed by atoms with E-state index < -0.39 is 19.7 Å². The zero-order valence-corrected chi connectivity index (χ0v) is 79.8. The van der Waals surface area contributed by atoms with Crippen molar-refractivity contribution < 1.29 is 57.6 Å². The number of methoxy groups -OCH3 is 8. The van der Waals surface area contributed by atoms with Gasteiger partial charge < -0.3 is 77.8 Å². The summed E-state index contributed by atoms with van der Waals surface area (Å²) in [5.74, 6) is 4.83. The fourth-order valence-electron chi connectivity index (χ4n) is 15.2. The Morgan fingerprint density at radius 2 is 0.572 bits per heavy atom. The van der Waals surface area contributed by atoms with Gasteiger partial charge in [0.1, 0.15) is 91.4 Å². The second-order valence-electron chi connectivity index (χ2n) is 30.1. The molecule has 712 valence electrons. The number of nitro benzene ring substituents is 4. The van der Waals surface area contributed by atoms with E-state index in [0.29, 0.717) is 135 Å². The highest BCUT2D eigenvalue weighted by atomic mass is 35.5. The van der Waals surface area contributed by atoms with E-state index in [4.69, 9.17) is 102 Å². The van der Waals surface area contributed by atoms with Gasteiger partial charge in [0.05, 0.1) is 130 Å². The number of para-hydroxylation sites is 8. The third-order valence-electron chi connectivity index (χ3n) is 22.1. The van der Waals surface area contributed by atoms with Gasteiger partial charge in [-0.2, -0.15) is 0 Å². The topological polar surface area (TPSA) is 448 Å². The highest BCUT2D eigenvalue weighted by molar-refractivity contribution is 6.42. The van der Waals surface area contributed by atoms with E-state index in [2.05, 4.69) is 35.9 Å². The molecule has 0 saturated heterocycles. The number of rotatable bonds is 22. The number of nitrogen functional groups attached to an aromatic ring is 1. The molecule has 0 fully saturated rings. The molecule has 0 aliphatic heterocycles. The number of anilines is 7. The van der Waals surface area contributed by atoms with Crippen molar-refractivity contribution in [2.75, 3.05) is 78.6 Å². The van der Waals surface area contributed by atoms with Gasteiger partial charge in [-0.25, -0.2) is 19.9 Å². The van der Waals surface area contributed by atoms with E-state index in [0.717, 1.165) is 27.4 Å². The number of nitro groups is 4. The first-order valence-electron chi connectivity index (χ1n) is 40.7. The maximum absolute atomic E-state index is 13.5. The molecule has 0 spiro atoms. The Hall–Kier alpha value is -16.2. The summed E-state index contributed by atoms with van der Waals surface area (Å²) in [6.45, 7) is 7.23. The van der Waals surface area contributed by atoms with Crippen LogP contribution in [0, 0.1) is 68.2 Å². The molecule has 16 rings (SSSR count). The van der Waals surface area contributed by atoms with Crippen molar-refractivity contribution in [3.05, 3.63) is 324 Å². The molecule has 41 heteroatoms. The van der Waals surface area contributed by atoms with Crippen LogP contribution in [-0.2, 0) is 28.2 Å². The number of aromatic nitrogens is 8. The van der Waals surface area contributed by atoms with Crippen molar-refractivity contribution in [1.29, 1.82) is 0 Å². The second-order valence-corrected chi connectivity index (χ2v) is 31.9. The Kier molecular flexibility index (Phi) is 32.6. The van der Waals surface area contributed by atoms with Gasteiger partial charge in [-0.05, 0) is 112 Å². The van der Waals surface area contributed by atoms with Crippen LogP contribution in [0.5, 0.6) is 46.0 Å². The monoisotopic (exact) mass is 1970 g/mol. The van der Waals surface area contributed by atoms with Crippen molar-refractivity contribution in [3.63, 3.8) is 0 Å². The van der Waals surface area contributed by atoms with Crippen LogP contribution < -0.4 is 81.8 Å². The first-order valence-corrected chi connectivity index (χ1v) is 42.6. The lowest BCUT2D eigenvalue weighted by Crippen LogP contribution is -2.20. The molecule has 0 amide bonds. The summed E-state index contributed by atoms with van der Waals surface area (Å²) in [5.41, 5.74) is 13.9. The molecule has 8 heterocycles. The molecule has 0 atom stereocenters. The predicted octanol–water partition coefficient (Wildman–Crippen LogP) is 21.7. The van der Waals surface area contributed by atoms with Crippen LogP contribution in [-0.4, -0.2) is 115 Å². The molecule has 8 aromatic heterocycles. The Balaban J connectivity index is 0.000000171. The highest BCUT2D eigenvalue weighted by Crippen LogP contribution is 2.49. The van der Waals surface area contributed by atoms with Gasteiger partial charge in [-0.1, -0.05) is 114 Å². The first-order chi connectivity index (χ1) is 65.4. The number of nitrogens with two attached hydrogens (primary N) is 1. The average Bonchev–Trinajstić information content (AvgIpc) is 0.737. The van der Waals surface area contributed by atoms with Crippen LogP contribution in [0.2, 0.25) is 25.2 Å². The Morgan fingerprint density at radius 3 is 0.833 bits per heavy atom. The largest absolute Gasteiger partial charge is 0.497 e. The molecule has 0 aliphatic rings. The zero-order chi connectivity index (χ0) is 99.6. The molecule has 5 N–H and O–H groups in total. The van der Waals surface area contributed by atoms with Crippen molar-refractivity contribution in [2.24, 2.45) is 28.2 Å². The number of nitrogens with one attached hydrogen (secondary N) is 3. The van der Waals surface area contributed by atoms with Crippen LogP contribution in [0.15, 0.2) is 214 Å². The normalized spacial score (nSPS) is 10.7. The first kappa shape index (κ1) is 102. The third kappa shape index (κ3) is 21.0. The van der Waals surface area contributed by atoms with Crippen LogP contribution in [0.1, 0.15) is 29.7 Å². The lowest BCUT2D eigenvalue weighted by molar-refractivity contribution is -0.384. The number of benzene rings is 8. The standard InChI is InChI=1S/2C24H20Cl2N4O5.C24H22N4O5.C18H17ClN2O3.C6H6N2O2.CH4/c2*1-12-22-13(11-27-23(12)28-15-7-5-6-8-16(15)30(32)33)9-14(24(31)29(22)2)19-20(25)17(34-3)10-18(35-4)21(19)26;1-14-22-16(13-25-23(14)26-20-7-5-6-8-21(20)28(30)31)11-19(24(29)27(22)2)15-9-17(32-3)12-18(10-15)33-4;1-10-16-12(9-20-17(10)19)7-15(18(22)21(16)2)11-5-13(23-3)8-14(6-11)24-4;7-5-3-1-2-4-6(5)8(9)10;/h2*5-11H,1-4H3,(H,27,28);5-13H,1-4H3,(H,25,26);5-9H,1-4H3;1-4H,7H2;1H4. The van der Waals surface area contributed by atoms with Gasteiger partial charge in [-0.3, -0.25) is 59.6 Å². The molecule has 138 heavy (non-hydrogen) atoms. The number of pyridine rings is 8. The Morgan fingerprint density at radius 1 is 0.326 bits per heavy atom. The molecule has 36 nitrogen and oxygen atoms in total. The molecule has 16 aromatic rings. The van der Waals surface area contributed by atoms with E-state index in [-0.39, 0.29) is 112 Å². The molecule has 8 aromatic carbocycles. The molecule has 0 saturated carbocycles. The molecular weight excluding hydrogens is 1890 g/mol. The molecule has 0 unspecified atom stereocenters. The van der Waals surface area contributed by atoms with Crippen LogP contribution in [0.3, 0.4) is 0 Å². The highest BCUT2D eigenvalue weighted by Gasteiger charge is 2.29. The van der Waals surface area contributed by atoms with Crippen molar-refractivity contribution in [1.82, 2.24) is 38.2 Å². The minimum Gasteiger partial charge on any atom is -0.497 e. The smallest absolute Gasteiger partial charge is 0.292 e. The van der Waals surface area contributed by atoms with Crippen LogP contribution >= 0.6 is 58.0 Å². The number of nitrogens with zero attached hydrogens (tertiary/aromatic N) is 12. The summed E-state index contributed by atoms with van der Waals surface area (Å²) >= 11 is 32.3. The van der Waals surface area contributed by atoms with E-state index in [9.17, 15) is 59.6 Å². The van der Waals surface area contributed by atoms with Crippen molar-refractivity contribution >= 4 is 165 Å². The number of halogens is 5. The van der Waals surface area contributed by atoms with E-state index in [1.165, 1.54) is 67.9 Å². The van der Waals surface area contributed by atoms with Gasteiger partial charge in [0.25, 0.3) is 45.0 Å². The van der Waals surface area contributed by atoms with Crippen LogP contribution in [0.25, 0.3) is 88.1 Å². The van der Waals surface area contributed by atoms with Gasteiger partial charge in [-0.15, -0.1) is 0 Å². The quantitative estimate of drug-likeness (QED) is 0.0212. The van der Waals surface area contributed by atoms with Crippen molar-refractivity contribution in [2.45, 2.75) is 35.1 Å². The minimum atomic E-state index is -0.505. The van der Waals surface area contributed by atoms with E-state index in [1.807, 2.05) is 19.9 Å². The fourth-order valence-corrected chi connectivity index (χ4v) is 16.8. The number of fused-ring (bicyclic) bond motifs is 4. The third-order valence-corrected chi connectivity index (χ3v) is 24.0. The Labute approximate surface area is 811 Å². The fraction of sp³-hybridized carbons (Fsp3) is 0.175. The number of hydrogen-bond donors (Lipinski definition) is 4. The summed E-state index contributed by atoms with van der Waals surface area (Å²) < 4.78 is 48.7. The van der Waals surface area contributed by atoms with Gasteiger partial charge in [0, 0.05) is 168 Å². The number of ether oxygens (including phenoxy) is 8. The maximum Gasteiger partial charge on any atom is 0.292 e. The summed E-state index contributed by atoms with van der Waals surface area (Å²) in [6, 6.07) is 45.6. The van der Waals surface area contributed by atoms with Crippen LogP contribution in [0.4, 0.5) is 63.0 Å². The molecule has 0 radical (unpaired) electrons. The van der Waals surface area contributed by atoms with Gasteiger partial charge >= 0.3 is 0 Å². The maximum atomic E-state index is 13.5. The summed E-state index contributed by atoms with van der Waals surface area (Å²) in [5, 5.41) is 57.3. The lowest BCUT2D eigenvalue weighted by Gasteiger charge is -2.17. The van der Waals surface area contributed by atoms with E-state index in [1.54, 1.807) is 238 Å². The summed E-state index contributed by atoms with van der Waals surface area (Å²) in [7, 11) is 18.7. The average molecular weight is 1980 g/mol. The lowest BCUT2D eigenvalue weighted by atomic mass is 10.0. The minimum absolute atomic E-state index is 0. The summed E-state index contributed by atoms with van der Waals surface area (Å²) in [6.07, 6.45) is 6.45. The SMILES string of the molecule is C.COc1cc(OC)c(Cl)c(-c2cc3cnc(Nc4ccccc4[N+](=O)[O-])c(C)c3n(C)c2=O)c1Cl.COc1cc(OC)c(Cl)c(-c2cc3cnc(Nc4ccccc4[N+](=O)[O-])c(C)c3n(C)c2=O)c1Cl.COc1cc(OC)cc(-c2cc3cnc(Cl)c(C)c3n(C)c2=O)c1.COc1cc(OC)cc(-c2cc3cnc(Nc4ccccc4[N+](=O)[O-])c(C)c3n(C)c2=O)c1.Nc1ccccc1[N+](=O)[O-]. The summed E-state index contributed by atoms with van der Waals surface area (Å²) in [4.78, 5) is 113. The molecule has 0 aliphatic carbocycles.